The molecular formula is C13H17N3O2S. The van der Waals surface area contributed by atoms with Crippen molar-refractivity contribution in [3.63, 3.8) is 0 Å². The second kappa shape index (κ2) is 5.97. The van der Waals surface area contributed by atoms with Gasteiger partial charge >= 0.3 is 5.97 Å². The van der Waals surface area contributed by atoms with E-state index in [0.29, 0.717) is 18.8 Å². The second-order valence-corrected chi connectivity index (χ2v) is 5.47. The monoisotopic (exact) mass is 279 g/mol. The smallest absolute Gasteiger partial charge is 0.360 e. The van der Waals surface area contributed by atoms with Crippen molar-refractivity contribution in [1.29, 1.82) is 0 Å². The van der Waals surface area contributed by atoms with E-state index < -0.39 is 5.97 Å². The molecule has 0 amide bonds. The highest BCUT2D eigenvalue weighted by atomic mass is 32.1. The lowest BCUT2D eigenvalue weighted by molar-refractivity contribution is 0.0517. The fraction of sp³-hybridized carbons (Fsp3) is 0.462. The van der Waals surface area contributed by atoms with E-state index in [9.17, 15) is 4.79 Å². The van der Waals surface area contributed by atoms with Gasteiger partial charge < -0.3 is 4.74 Å². The molecule has 2 aromatic rings. The number of hydrogen-bond acceptors (Lipinski definition) is 5. The zero-order valence-electron chi connectivity index (χ0n) is 11.3. The summed E-state index contributed by atoms with van der Waals surface area (Å²) < 4.78 is 6.80. The molecule has 0 N–H and O–H groups in total. The third-order valence-electron chi connectivity index (χ3n) is 2.67. The molecule has 2 heterocycles. The van der Waals surface area contributed by atoms with Crippen molar-refractivity contribution in [3.8, 4) is 0 Å². The lowest BCUT2D eigenvalue weighted by atomic mass is 10.1. The van der Waals surface area contributed by atoms with E-state index in [0.717, 1.165) is 5.69 Å². The van der Waals surface area contributed by atoms with Gasteiger partial charge in [0.2, 0.25) is 0 Å². The van der Waals surface area contributed by atoms with Crippen molar-refractivity contribution in [2.75, 3.05) is 6.61 Å². The van der Waals surface area contributed by atoms with Gasteiger partial charge in [-0.3, -0.25) is 0 Å². The fourth-order valence-corrected chi connectivity index (χ4v) is 2.59. The van der Waals surface area contributed by atoms with Crippen LogP contribution >= 0.6 is 11.3 Å². The van der Waals surface area contributed by atoms with Crippen LogP contribution in [0.4, 0.5) is 0 Å². The van der Waals surface area contributed by atoms with Gasteiger partial charge in [0, 0.05) is 4.88 Å². The van der Waals surface area contributed by atoms with Crippen molar-refractivity contribution in [1.82, 2.24) is 15.0 Å². The highest BCUT2D eigenvalue weighted by Crippen LogP contribution is 2.20. The number of thiophene rings is 1. The average Bonchev–Trinajstić information content (AvgIpc) is 2.99. The summed E-state index contributed by atoms with van der Waals surface area (Å²) in [6.07, 6.45) is 0. The van der Waals surface area contributed by atoms with Gasteiger partial charge in [-0.25, -0.2) is 9.48 Å². The maximum atomic E-state index is 11.9. The molecule has 0 aliphatic carbocycles. The molecular weight excluding hydrogens is 262 g/mol. The molecule has 0 saturated carbocycles. The lowest BCUT2D eigenvalue weighted by Crippen LogP contribution is -2.12. The van der Waals surface area contributed by atoms with Crippen molar-refractivity contribution >= 4 is 17.3 Å². The van der Waals surface area contributed by atoms with Crippen LogP contribution in [0.2, 0.25) is 0 Å². The molecule has 0 aliphatic rings. The van der Waals surface area contributed by atoms with Crippen LogP contribution in [-0.4, -0.2) is 27.6 Å². The minimum absolute atomic E-state index is 0.161. The van der Waals surface area contributed by atoms with Crippen LogP contribution in [0.25, 0.3) is 0 Å². The first-order valence-corrected chi connectivity index (χ1v) is 7.14. The summed E-state index contributed by atoms with van der Waals surface area (Å²) in [6, 6.07) is 4.04. The molecule has 2 rings (SSSR count). The number of nitrogens with zero attached hydrogens (tertiary/aromatic N) is 3. The van der Waals surface area contributed by atoms with Gasteiger partial charge in [0.05, 0.1) is 18.8 Å². The Balaban J connectivity index is 2.31. The average molecular weight is 279 g/mol. The first-order valence-electron chi connectivity index (χ1n) is 6.26. The topological polar surface area (TPSA) is 57.0 Å². The molecule has 0 atom stereocenters. The zero-order valence-corrected chi connectivity index (χ0v) is 12.1. The predicted octanol–water partition coefficient (Wildman–Crippen LogP) is 2.69. The summed E-state index contributed by atoms with van der Waals surface area (Å²) in [5.41, 5.74) is 1.15. The van der Waals surface area contributed by atoms with E-state index >= 15 is 0 Å². The van der Waals surface area contributed by atoms with Gasteiger partial charge in [0.25, 0.3) is 0 Å². The molecule has 5 nitrogen and oxygen atoms in total. The van der Waals surface area contributed by atoms with Gasteiger partial charge in [-0.15, -0.1) is 16.4 Å². The molecule has 0 radical (unpaired) electrons. The number of aromatic nitrogens is 3. The number of ether oxygens (including phenoxy) is 1. The molecule has 19 heavy (non-hydrogen) atoms. The van der Waals surface area contributed by atoms with Crippen LogP contribution in [0.1, 0.15) is 47.7 Å². The Kier molecular flexibility index (Phi) is 4.31. The number of carbonyl (C=O) groups is 1. The SMILES string of the molecule is CCOC(=O)c1nnn(Cc2cccs2)c1C(C)C. The quantitative estimate of drug-likeness (QED) is 0.790. The molecule has 0 aromatic carbocycles. The lowest BCUT2D eigenvalue weighted by Gasteiger charge is -2.09. The summed E-state index contributed by atoms with van der Waals surface area (Å²) in [4.78, 5) is 13.0. The molecule has 102 valence electrons. The van der Waals surface area contributed by atoms with Gasteiger partial charge in [0.15, 0.2) is 5.69 Å². The summed E-state index contributed by atoms with van der Waals surface area (Å²) in [6.45, 7) is 6.80. The maximum absolute atomic E-state index is 11.9. The van der Waals surface area contributed by atoms with Crippen molar-refractivity contribution < 1.29 is 9.53 Å². The Morgan fingerprint density at radius 2 is 2.32 bits per heavy atom. The molecule has 0 bridgehead atoms. The summed E-state index contributed by atoms with van der Waals surface area (Å²) >= 11 is 1.66. The predicted molar refractivity (Wildman–Crippen MR) is 73.5 cm³/mol. The molecule has 6 heteroatoms. The summed E-state index contributed by atoms with van der Waals surface area (Å²) in [7, 11) is 0. The van der Waals surface area contributed by atoms with E-state index in [-0.39, 0.29) is 5.92 Å². The zero-order chi connectivity index (χ0) is 13.8. The standard InChI is InChI=1S/C13H17N3O2S/c1-4-18-13(17)11-12(9(2)3)16(15-14-11)8-10-6-5-7-19-10/h5-7,9H,4,8H2,1-3H3. The van der Waals surface area contributed by atoms with Crippen LogP contribution in [0.5, 0.6) is 0 Å². The number of hydrogen-bond donors (Lipinski definition) is 0. The third kappa shape index (κ3) is 3.01. The Morgan fingerprint density at radius 3 is 2.89 bits per heavy atom. The third-order valence-corrected chi connectivity index (χ3v) is 3.54. The maximum Gasteiger partial charge on any atom is 0.360 e. The van der Waals surface area contributed by atoms with Crippen molar-refractivity contribution in [2.45, 2.75) is 33.2 Å². The van der Waals surface area contributed by atoms with E-state index in [1.165, 1.54) is 4.88 Å². The van der Waals surface area contributed by atoms with E-state index in [2.05, 4.69) is 10.3 Å². The van der Waals surface area contributed by atoms with Crippen molar-refractivity contribution in [2.24, 2.45) is 0 Å². The molecule has 0 saturated heterocycles. The second-order valence-electron chi connectivity index (χ2n) is 4.44. The summed E-state index contributed by atoms with van der Waals surface area (Å²) in [5, 5.41) is 10.1. The van der Waals surface area contributed by atoms with Gasteiger partial charge in [-0.1, -0.05) is 25.1 Å². The minimum atomic E-state index is -0.399. The summed E-state index contributed by atoms with van der Waals surface area (Å²) in [5.74, 6) is -0.238. The number of esters is 1. The van der Waals surface area contributed by atoms with E-state index in [1.807, 2.05) is 31.4 Å². The Hall–Kier alpha value is -1.69. The Bertz CT molecular complexity index is 546. The number of carbonyl (C=O) groups excluding carboxylic acids is 1. The molecule has 2 aromatic heterocycles. The van der Waals surface area contributed by atoms with Crippen LogP contribution in [-0.2, 0) is 11.3 Å². The molecule has 0 fully saturated rings. The molecule has 0 aliphatic heterocycles. The molecule has 0 unspecified atom stereocenters. The first-order chi connectivity index (χ1) is 9.13. The normalized spacial score (nSPS) is 10.9. The van der Waals surface area contributed by atoms with E-state index in [1.54, 1.807) is 22.9 Å². The highest BCUT2D eigenvalue weighted by molar-refractivity contribution is 7.09. The minimum Gasteiger partial charge on any atom is -0.461 e. The first kappa shape index (κ1) is 13.7. The van der Waals surface area contributed by atoms with Crippen LogP contribution in [0.15, 0.2) is 17.5 Å². The van der Waals surface area contributed by atoms with Gasteiger partial charge in [-0.05, 0) is 24.3 Å². The Labute approximate surface area is 116 Å². The van der Waals surface area contributed by atoms with E-state index in [4.69, 9.17) is 4.74 Å². The van der Waals surface area contributed by atoms with Crippen LogP contribution in [0, 0.1) is 0 Å². The van der Waals surface area contributed by atoms with Crippen LogP contribution in [0.3, 0.4) is 0 Å². The van der Waals surface area contributed by atoms with Gasteiger partial charge in [0.1, 0.15) is 0 Å². The largest absolute Gasteiger partial charge is 0.461 e. The fourth-order valence-electron chi connectivity index (χ4n) is 1.90. The van der Waals surface area contributed by atoms with Crippen molar-refractivity contribution in [3.05, 3.63) is 33.8 Å². The molecule has 0 spiro atoms. The Morgan fingerprint density at radius 1 is 1.53 bits per heavy atom. The highest BCUT2D eigenvalue weighted by Gasteiger charge is 2.23. The number of rotatable bonds is 5. The van der Waals surface area contributed by atoms with Crippen LogP contribution < -0.4 is 0 Å². The van der Waals surface area contributed by atoms with Gasteiger partial charge in [-0.2, -0.15) is 0 Å².